The third-order valence-electron chi connectivity index (χ3n) is 4.46. The van der Waals surface area contributed by atoms with Crippen LogP contribution in [-0.2, 0) is 0 Å². The monoisotopic (exact) mass is 240 g/mol. The average molecular weight is 240 g/mol. The molecule has 1 saturated carbocycles. The van der Waals surface area contributed by atoms with E-state index >= 15 is 0 Å². The fourth-order valence-electron chi connectivity index (χ4n) is 3.04. The summed E-state index contributed by atoms with van der Waals surface area (Å²) in [5, 5.41) is 10.2. The maximum atomic E-state index is 10.2. The molecule has 0 heterocycles. The molecule has 0 radical (unpaired) electrons. The fraction of sp³-hybridized carbons (Fsp3) is 1.00. The summed E-state index contributed by atoms with van der Waals surface area (Å²) in [5.74, 6) is 1.51. The zero-order valence-corrected chi connectivity index (χ0v) is 12.0. The molecule has 1 fully saturated rings. The van der Waals surface area contributed by atoms with Crippen molar-refractivity contribution in [2.24, 2.45) is 11.8 Å². The third-order valence-corrected chi connectivity index (χ3v) is 4.46. The Kier molecular flexibility index (Phi) is 7.92. The molecule has 1 N–H and O–H groups in total. The lowest BCUT2D eigenvalue weighted by atomic mass is 9.79. The van der Waals surface area contributed by atoms with Crippen LogP contribution in [0.15, 0.2) is 0 Å². The number of rotatable bonds is 8. The summed E-state index contributed by atoms with van der Waals surface area (Å²) in [6, 6.07) is 0. The van der Waals surface area contributed by atoms with Crippen LogP contribution in [0.5, 0.6) is 0 Å². The summed E-state index contributed by atoms with van der Waals surface area (Å²) in [4.78, 5) is 0. The van der Waals surface area contributed by atoms with Crippen LogP contribution < -0.4 is 0 Å². The van der Waals surface area contributed by atoms with E-state index in [2.05, 4.69) is 13.8 Å². The van der Waals surface area contributed by atoms with Crippen molar-refractivity contribution in [1.82, 2.24) is 0 Å². The Morgan fingerprint density at radius 3 is 2.18 bits per heavy atom. The van der Waals surface area contributed by atoms with Crippen LogP contribution in [-0.4, -0.2) is 11.2 Å². The van der Waals surface area contributed by atoms with Gasteiger partial charge < -0.3 is 5.11 Å². The van der Waals surface area contributed by atoms with Crippen molar-refractivity contribution in [2.75, 3.05) is 0 Å². The number of aliphatic hydroxyl groups is 1. The smallest absolute Gasteiger partial charge is 0.0568 e. The molecule has 102 valence electrons. The Morgan fingerprint density at radius 1 is 0.941 bits per heavy atom. The van der Waals surface area contributed by atoms with Gasteiger partial charge >= 0.3 is 0 Å². The highest BCUT2D eigenvalue weighted by Crippen LogP contribution is 2.31. The maximum absolute atomic E-state index is 10.2. The van der Waals surface area contributed by atoms with E-state index in [0.717, 1.165) is 12.3 Å². The summed E-state index contributed by atoms with van der Waals surface area (Å²) >= 11 is 0. The Bertz CT molecular complexity index is 170. The van der Waals surface area contributed by atoms with E-state index in [1.165, 1.54) is 64.2 Å². The molecule has 0 bridgehead atoms. The predicted molar refractivity (Wildman–Crippen MR) is 75.1 cm³/mol. The highest BCUT2D eigenvalue weighted by Gasteiger charge is 2.23. The molecule has 17 heavy (non-hydrogen) atoms. The van der Waals surface area contributed by atoms with Crippen molar-refractivity contribution in [1.29, 1.82) is 0 Å². The van der Waals surface area contributed by atoms with E-state index in [1.54, 1.807) is 0 Å². The molecule has 1 aliphatic carbocycles. The second-order valence-electron chi connectivity index (χ2n) is 6.14. The molecule has 0 aliphatic heterocycles. The van der Waals surface area contributed by atoms with Crippen molar-refractivity contribution in [3.05, 3.63) is 0 Å². The summed E-state index contributed by atoms with van der Waals surface area (Å²) in [6.07, 6.45) is 14.2. The van der Waals surface area contributed by atoms with Crippen LogP contribution in [0.3, 0.4) is 0 Å². The summed E-state index contributed by atoms with van der Waals surface area (Å²) < 4.78 is 0. The van der Waals surface area contributed by atoms with E-state index in [4.69, 9.17) is 0 Å². The molecule has 1 unspecified atom stereocenters. The fourth-order valence-corrected chi connectivity index (χ4v) is 3.04. The van der Waals surface area contributed by atoms with E-state index in [-0.39, 0.29) is 6.10 Å². The average Bonchev–Trinajstić information content (AvgIpc) is 2.34. The Hall–Kier alpha value is -0.0400. The van der Waals surface area contributed by atoms with Crippen molar-refractivity contribution in [2.45, 2.75) is 90.6 Å². The predicted octanol–water partition coefficient (Wildman–Crippen LogP) is 4.92. The van der Waals surface area contributed by atoms with Gasteiger partial charge in [0.25, 0.3) is 0 Å². The molecule has 1 heteroatoms. The Morgan fingerprint density at radius 2 is 1.53 bits per heavy atom. The number of aliphatic hydroxyl groups excluding tert-OH is 1. The molecule has 0 saturated heterocycles. The standard InChI is InChI=1S/C16H32O/c1-3-4-5-6-7-8-9-16(17)15-12-10-14(2)11-13-15/h14-17H,3-13H2,1-2H3. The van der Waals surface area contributed by atoms with Gasteiger partial charge in [-0.2, -0.15) is 0 Å². The lowest BCUT2D eigenvalue weighted by molar-refractivity contribution is 0.0665. The van der Waals surface area contributed by atoms with Crippen LogP contribution >= 0.6 is 0 Å². The number of hydrogen-bond donors (Lipinski definition) is 1. The molecule has 1 aliphatic rings. The van der Waals surface area contributed by atoms with Crippen LogP contribution in [0.1, 0.15) is 84.5 Å². The minimum absolute atomic E-state index is 0.00586. The van der Waals surface area contributed by atoms with Crippen molar-refractivity contribution < 1.29 is 5.11 Å². The molecular formula is C16H32O. The molecule has 0 spiro atoms. The van der Waals surface area contributed by atoms with E-state index in [0.29, 0.717) is 5.92 Å². The lowest BCUT2D eigenvalue weighted by Crippen LogP contribution is -2.24. The second kappa shape index (κ2) is 8.97. The molecule has 1 atom stereocenters. The quantitative estimate of drug-likeness (QED) is 0.597. The third kappa shape index (κ3) is 6.45. The van der Waals surface area contributed by atoms with Gasteiger partial charge in [0.1, 0.15) is 0 Å². The first-order chi connectivity index (χ1) is 8.24. The van der Waals surface area contributed by atoms with Gasteiger partial charge in [-0.25, -0.2) is 0 Å². The zero-order valence-electron chi connectivity index (χ0n) is 12.0. The second-order valence-corrected chi connectivity index (χ2v) is 6.14. The first-order valence-corrected chi connectivity index (χ1v) is 7.92. The Labute approximate surface area is 108 Å². The van der Waals surface area contributed by atoms with Gasteiger partial charge in [-0.3, -0.25) is 0 Å². The van der Waals surface area contributed by atoms with Gasteiger partial charge in [0.05, 0.1) is 6.10 Å². The van der Waals surface area contributed by atoms with Gasteiger partial charge in [0.15, 0.2) is 0 Å². The largest absolute Gasteiger partial charge is 0.393 e. The Balaban J connectivity index is 1.99. The van der Waals surface area contributed by atoms with Crippen LogP contribution in [0, 0.1) is 11.8 Å². The van der Waals surface area contributed by atoms with Crippen LogP contribution in [0.4, 0.5) is 0 Å². The first-order valence-electron chi connectivity index (χ1n) is 7.92. The molecule has 1 nitrogen and oxygen atoms in total. The first kappa shape index (κ1) is 15.0. The van der Waals surface area contributed by atoms with E-state index < -0.39 is 0 Å². The van der Waals surface area contributed by atoms with E-state index in [1.807, 2.05) is 0 Å². The highest BCUT2D eigenvalue weighted by atomic mass is 16.3. The van der Waals surface area contributed by atoms with Crippen LogP contribution in [0.25, 0.3) is 0 Å². The molecule has 0 amide bonds. The number of hydrogen-bond acceptors (Lipinski definition) is 1. The minimum Gasteiger partial charge on any atom is -0.393 e. The summed E-state index contributed by atoms with van der Waals surface area (Å²) in [7, 11) is 0. The SMILES string of the molecule is CCCCCCCCC(O)C1CCC(C)CC1. The lowest BCUT2D eigenvalue weighted by Gasteiger charge is -2.29. The minimum atomic E-state index is -0.00586. The van der Waals surface area contributed by atoms with Gasteiger partial charge in [-0.05, 0) is 31.1 Å². The summed E-state index contributed by atoms with van der Waals surface area (Å²) in [6.45, 7) is 4.60. The van der Waals surface area contributed by atoms with Crippen molar-refractivity contribution in [3.8, 4) is 0 Å². The molecule has 0 aromatic rings. The molecule has 0 aromatic heterocycles. The summed E-state index contributed by atoms with van der Waals surface area (Å²) in [5.41, 5.74) is 0. The van der Waals surface area contributed by atoms with Crippen molar-refractivity contribution >= 4 is 0 Å². The number of unbranched alkanes of at least 4 members (excludes halogenated alkanes) is 5. The molecular weight excluding hydrogens is 208 g/mol. The van der Waals surface area contributed by atoms with Gasteiger partial charge in [-0.15, -0.1) is 0 Å². The van der Waals surface area contributed by atoms with Crippen molar-refractivity contribution in [3.63, 3.8) is 0 Å². The van der Waals surface area contributed by atoms with Gasteiger partial charge in [-0.1, -0.05) is 65.2 Å². The maximum Gasteiger partial charge on any atom is 0.0568 e. The topological polar surface area (TPSA) is 20.2 Å². The van der Waals surface area contributed by atoms with Gasteiger partial charge in [0.2, 0.25) is 0 Å². The van der Waals surface area contributed by atoms with E-state index in [9.17, 15) is 5.11 Å². The van der Waals surface area contributed by atoms with Gasteiger partial charge in [0, 0.05) is 0 Å². The molecule has 1 rings (SSSR count). The van der Waals surface area contributed by atoms with Crippen LogP contribution in [0.2, 0.25) is 0 Å². The normalized spacial score (nSPS) is 27.0. The molecule has 0 aromatic carbocycles. The highest BCUT2D eigenvalue weighted by molar-refractivity contribution is 4.75. The zero-order chi connectivity index (χ0) is 12.5.